The van der Waals surface area contributed by atoms with Crippen molar-refractivity contribution in [2.45, 2.75) is 19.4 Å². The zero-order valence-corrected chi connectivity index (χ0v) is 12.7. The molecule has 20 heavy (non-hydrogen) atoms. The SMILES string of the molecule is CC(C)(Nc1ccc(-c2cccc(Br)c2)nn1)C(=O)O. The van der Waals surface area contributed by atoms with Gasteiger partial charge in [0.2, 0.25) is 0 Å². The van der Waals surface area contributed by atoms with E-state index in [1.54, 1.807) is 26.0 Å². The Labute approximate surface area is 125 Å². The topological polar surface area (TPSA) is 75.1 Å². The van der Waals surface area contributed by atoms with Crippen molar-refractivity contribution >= 4 is 27.7 Å². The summed E-state index contributed by atoms with van der Waals surface area (Å²) in [5, 5.41) is 20.0. The third kappa shape index (κ3) is 3.33. The van der Waals surface area contributed by atoms with Crippen LogP contribution in [0.25, 0.3) is 11.3 Å². The van der Waals surface area contributed by atoms with Gasteiger partial charge in [0.25, 0.3) is 0 Å². The molecule has 0 unspecified atom stereocenters. The van der Waals surface area contributed by atoms with Crippen molar-refractivity contribution in [3.63, 3.8) is 0 Å². The normalized spacial score (nSPS) is 11.2. The highest BCUT2D eigenvalue weighted by Gasteiger charge is 2.27. The fourth-order valence-corrected chi connectivity index (χ4v) is 1.97. The van der Waals surface area contributed by atoms with Gasteiger partial charge >= 0.3 is 5.97 Å². The number of carbonyl (C=O) groups is 1. The Morgan fingerprint density at radius 1 is 1.25 bits per heavy atom. The van der Waals surface area contributed by atoms with Crippen LogP contribution in [0.1, 0.15) is 13.8 Å². The number of aromatic nitrogens is 2. The maximum absolute atomic E-state index is 11.0. The predicted octanol–water partition coefficient (Wildman–Crippen LogP) is 3.18. The fourth-order valence-electron chi connectivity index (χ4n) is 1.57. The summed E-state index contributed by atoms with van der Waals surface area (Å²) in [6, 6.07) is 11.2. The van der Waals surface area contributed by atoms with Crippen molar-refractivity contribution < 1.29 is 9.90 Å². The molecule has 2 aromatic rings. The van der Waals surface area contributed by atoms with Crippen LogP contribution in [-0.4, -0.2) is 26.8 Å². The van der Waals surface area contributed by atoms with Crippen LogP contribution in [0.5, 0.6) is 0 Å². The molecule has 0 saturated carbocycles. The summed E-state index contributed by atoms with van der Waals surface area (Å²) in [7, 11) is 0. The van der Waals surface area contributed by atoms with Crippen LogP contribution in [0.4, 0.5) is 5.82 Å². The molecule has 0 aliphatic carbocycles. The van der Waals surface area contributed by atoms with Gasteiger partial charge in [0.1, 0.15) is 11.4 Å². The van der Waals surface area contributed by atoms with Gasteiger partial charge in [-0.15, -0.1) is 10.2 Å². The van der Waals surface area contributed by atoms with Crippen LogP contribution >= 0.6 is 15.9 Å². The van der Waals surface area contributed by atoms with Gasteiger partial charge in [0.05, 0.1) is 5.69 Å². The number of benzene rings is 1. The Balaban J connectivity index is 2.21. The number of carboxylic acid groups (broad SMARTS) is 1. The molecule has 0 saturated heterocycles. The van der Waals surface area contributed by atoms with Gasteiger partial charge < -0.3 is 10.4 Å². The number of rotatable bonds is 4. The highest BCUT2D eigenvalue weighted by Crippen LogP contribution is 2.22. The fraction of sp³-hybridized carbons (Fsp3) is 0.214. The first-order valence-electron chi connectivity index (χ1n) is 6.00. The second-order valence-corrected chi connectivity index (χ2v) is 5.78. The van der Waals surface area contributed by atoms with E-state index in [4.69, 9.17) is 5.11 Å². The summed E-state index contributed by atoms with van der Waals surface area (Å²) in [6.45, 7) is 3.14. The van der Waals surface area contributed by atoms with Gasteiger partial charge in [-0.3, -0.25) is 0 Å². The predicted molar refractivity (Wildman–Crippen MR) is 80.5 cm³/mol. The van der Waals surface area contributed by atoms with E-state index in [9.17, 15) is 4.79 Å². The van der Waals surface area contributed by atoms with Crippen molar-refractivity contribution in [2.24, 2.45) is 0 Å². The van der Waals surface area contributed by atoms with Crippen molar-refractivity contribution in [1.82, 2.24) is 10.2 Å². The van der Waals surface area contributed by atoms with Gasteiger partial charge in [-0.1, -0.05) is 28.1 Å². The third-order valence-corrected chi connectivity index (χ3v) is 3.25. The molecule has 104 valence electrons. The lowest BCUT2D eigenvalue weighted by molar-refractivity contribution is -0.141. The van der Waals surface area contributed by atoms with Crippen molar-refractivity contribution in [1.29, 1.82) is 0 Å². The van der Waals surface area contributed by atoms with Gasteiger partial charge in [0.15, 0.2) is 0 Å². The molecule has 1 heterocycles. The molecule has 0 aliphatic rings. The first-order chi connectivity index (χ1) is 9.38. The third-order valence-electron chi connectivity index (χ3n) is 2.76. The van der Waals surface area contributed by atoms with E-state index in [1.165, 1.54) is 0 Å². The van der Waals surface area contributed by atoms with Gasteiger partial charge in [-0.2, -0.15) is 0 Å². The molecule has 0 aliphatic heterocycles. The number of nitrogens with one attached hydrogen (secondary N) is 1. The van der Waals surface area contributed by atoms with E-state index in [0.29, 0.717) is 5.82 Å². The zero-order valence-electron chi connectivity index (χ0n) is 11.1. The average molecular weight is 336 g/mol. The van der Waals surface area contributed by atoms with E-state index >= 15 is 0 Å². The highest BCUT2D eigenvalue weighted by molar-refractivity contribution is 9.10. The molecule has 0 radical (unpaired) electrons. The minimum atomic E-state index is -1.09. The number of halogens is 1. The summed E-state index contributed by atoms with van der Waals surface area (Å²) < 4.78 is 0.964. The molecule has 0 bridgehead atoms. The van der Waals surface area contributed by atoms with Crippen molar-refractivity contribution in [2.75, 3.05) is 5.32 Å². The van der Waals surface area contributed by atoms with Crippen LogP contribution in [0, 0.1) is 0 Å². The summed E-state index contributed by atoms with van der Waals surface area (Å²) in [4.78, 5) is 11.0. The monoisotopic (exact) mass is 335 g/mol. The molecule has 0 fully saturated rings. The van der Waals surface area contributed by atoms with E-state index in [-0.39, 0.29) is 0 Å². The number of hydrogen-bond donors (Lipinski definition) is 2. The van der Waals surface area contributed by atoms with E-state index < -0.39 is 11.5 Å². The summed E-state index contributed by atoms with van der Waals surface area (Å²) in [6.07, 6.45) is 0. The maximum Gasteiger partial charge on any atom is 0.328 e. The second kappa shape index (κ2) is 5.58. The van der Waals surface area contributed by atoms with Gasteiger partial charge in [-0.25, -0.2) is 4.79 Å². The standard InChI is InChI=1S/C14H14BrN3O2/c1-14(2,13(19)20)16-12-7-6-11(17-18-12)9-4-3-5-10(15)8-9/h3-8H,1-2H3,(H,16,18)(H,19,20). The number of aliphatic carboxylic acids is 1. The van der Waals surface area contributed by atoms with Crippen LogP contribution in [0.3, 0.4) is 0 Å². The van der Waals surface area contributed by atoms with Crippen molar-refractivity contribution in [3.05, 3.63) is 40.9 Å². The Kier molecular flexibility index (Phi) is 4.04. The van der Waals surface area contributed by atoms with Crippen LogP contribution in [-0.2, 0) is 4.79 Å². The number of carboxylic acids is 1. The number of hydrogen-bond acceptors (Lipinski definition) is 4. The molecule has 6 heteroatoms. The van der Waals surface area contributed by atoms with Crippen LogP contribution in [0.15, 0.2) is 40.9 Å². The van der Waals surface area contributed by atoms with Crippen molar-refractivity contribution in [3.8, 4) is 11.3 Å². The molecular weight excluding hydrogens is 322 g/mol. The van der Waals surface area contributed by atoms with E-state index in [0.717, 1.165) is 15.7 Å². The summed E-state index contributed by atoms with van der Waals surface area (Å²) in [5.74, 6) is -0.522. The lowest BCUT2D eigenvalue weighted by Gasteiger charge is -2.21. The van der Waals surface area contributed by atoms with E-state index in [2.05, 4.69) is 31.4 Å². The lowest BCUT2D eigenvalue weighted by Crippen LogP contribution is -2.40. The maximum atomic E-state index is 11.0. The number of anilines is 1. The molecule has 1 aromatic heterocycles. The molecule has 5 nitrogen and oxygen atoms in total. The largest absolute Gasteiger partial charge is 0.480 e. The van der Waals surface area contributed by atoms with Crippen LogP contribution in [0.2, 0.25) is 0 Å². The Morgan fingerprint density at radius 2 is 2.00 bits per heavy atom. The van der Waals surface area contributed by atoms with Gasteiger partial charge in [-0.05, 0) is 38.1 Å². The lowest BCUT2D eigenvalue weighted by atomic mass is 10.1. The smallest absolute Gasteiger partial charge is 0.328 e. The summed E-state index contributed by atoms with van der Waals surface area (Å²) in [5.41, 5.74) is 0.576. The quantitative estimate of drug-likeness (QED) is 0.897. The summed E-state index contributed by atoms with van der Waals surface area (Å²) >= 11 is 3.40. The Hall–Kier alpha value is -1.95. The molecular formula is C14H14BrN3O2. The molecule has 1 aromatic carbocycles. The molecule has 0 amide bonds. The first-order valence-corrected chi connectivity index (χ1v) is 6.79. The Bertz CT molecular complexity index is 627. The number of nitrogens with zero attached hydrogens (tertiary/aromatic N) is 2. The molecule has 0 atom stereocenters. The van der Waals surface area contributed by atoms with Crippen LogP contribution < -0.4 is 5.32 Å². The first kappa shape index (κ1) is 14.5. The van der Waals surface area contributed by atoms with E-state index in [1.807, 2.05) is 24.3 Å². The second-order valence-electron chi connectivity index (χ2n) is 4.87. The molecule has 2 N–H and O–H groups in total. The zero-order chi connectivity index (χ0) is 14.8. The average Bonchev–Trinajstić information content (AvgIpc) is 2.39. The van der Waals surface area contributed by atoms with Gasteiger partial charge in [0, 0.05) is 10.0 Å². The highest BCUT2D eigenvalue weighted by atomic mass is 79.9. The minimum Gasteiger partial charge on any atom is -0.480 e. The Morgan fingerprint density at radius 3 is 2.55 bits per heavy atom. The minimum absolute atomic E-state index is 0.427. The molecule has 0 spiro atoms. The molecule has 2 rings (SSSR count).